The van der Waals surface area contributed by atoms with E-state index in [9.17, 15) is 0 Å². The van der Waals surface area contributed by atoms with Crippen molar-refractivity contribution in [3.05, 3.63) is 11.6 Å². The van der Waals surface area contributed by atoms with Gasteiger partial charge in [-0.15, -0.1) is 11.3 Å². The minimum absolute atomic E-state index is 0.270. The molecule has 2 aliphatic rings. The summed E-state index contributed by atoms with van der Waals surface area (Å²) in [6.45, 7) is 3.45. The van der Waals surface area contributed by atoms with Gasteiger partial charge in [0.05, 0.1) is 13.2 Å². The SMILES string of the molecule is c1csc(N2CCC3(CC2)OCCO3)n1. The van der Waals surface area contributed by atoms with E-state index in [0.29, 0.717) is 0 Å². The number of aromatic nitrogens is 1. The van der Waals surface area contributed by atoms with Crippen LogP contribution in [0.4, 0.5) is 5.13 Å². The maximum absolute atomic E-state index is 5.68. The molecule has 2 fully saturated rings. The predicted octanol–water partition coefficient (Wildman–Crippen LogP) is 1.49. The Morgan fingerprint density at radius 3 is 2.60 bits per heavy atom. The van der Waals surface area contributed by atoms with Gasteiger partial charge in [-0.2, -0.15) is 0 Å². The summed E-state index contributed by atoms with van der Waals surface area (Å²) in [6.07, 6.45) is 3.76. The molecule has 2 aliphatic heterocycles. The van der Waals surface area contributed by atoms with Gasteiger partial charge in [0.25, 0.3) is 0 Å². The molecule has 5 heteroatoms. The molecule has 1 aromatic rings. The quantitative estimate of drug-likeness (QED) is 0.726. The average Bonchev–Trinajstić information content (AvgIpc) is 2.91. The van der Waals surface area contributed by atoms with Crippen LogP contribution < -0.4 is 4.90 Å². The van der Waals surface area contributed by atoms with Crippen molar-refractivity contribution in [3.8, 4) is 0 Å². The lowest BCUT2D eigenvalue weighted by Gasteiger charge is -2.37. The first-order valence-corrected chi connectivity index (χ1v) is 6.18. The van der Waals surface area contributed by atoms with Crippen LogP contribution in [0.25, 0.3) is 0 Å². The van der Waals surface area contributed by atoms with Gasteiger partial charge in [0.2, 0.25) is 0 Å². The van der Waals surface area contributed by atoms with E-state index in [2.05, 4.69) is 9.88 Å². The summed E-state index contributed by atoms with van der Waals surface area (Å²) in [5, 5.41) is 3.13. The Balaban J connectivity index is 1.65. The largest absolute Gasteiger partial charge is 0.348 e. The Labute approximate surface area is 92.8 Å². The molecular weight excluding hydrogens is 212 g/mol. The molecule has 0 aliphatic carbocycles. The zero-order valence-electron chi connectivity index (χ0n) is 8.52. The number of hydrogen-bond donors (Lipinski definition) is 0. The molecule has 1 aromatic heterocycles. The summed E-state index contributed by atoms with van der Waals surface area (Å²) >= 11 is 1.69. The number of piperidine rings is 1. The zero-order chi connectivity index (χ0) is 10.1. The maximum Gasteiger partial charge on any atom is 0.185 e. The summed E-state index contributed by atoms with van der Waals surface area (Å²) in [5.41, 5.74) is 0. The monoisotopic (exact) mass is 226 g/mol. The van der Waals surface area contributed by atoms with E-state index in [1.54, 1.807) is 11.3 Å². The van der Waals surface area contributed by atoms with Crippen LogP contribution in [0.2, 0.25) is 0 Å². The number of ether oxygens (including phenoxy) is 2. The van der Waals surface area contributed by atoms with Crippen LogP contribution in [0.15, 0.2) is 11.6 Å². The third-order valence-electron chi connectivity index (χ3n) is 3.03. The standard InChI is InChI=1S/C10H14N2O2S/c1-4-12(9-11-3-8-15-9)5-2-10(1)13-6-7-14-10/h3,8H,1-2,4-7H2. The van der Waals surface area contributed by atoms with Gasteiger partial charge in [-0.1, -0.05) is 0 Å². The van der Waals surface area contributed by atoms with Crippen LogP contribution in [-0.4, -0.2) is 37.1 Å². The summed E-state index contributed by atoms with van der Waals surface area (Å²) < 4.78 is 11.4. The van der Waals surface area contributed by atoms with Crippen molar-refractivity contribution in [2.24, 2.45) is 0 Å². The van der Waals surface area contributed by atoms with E-state index in [0.717, 1.165) is 44.3 Å². The number of anilines is 1. The molecule has 15 heavy (non-hydrogen) atoms. The maximum atomic E-state index is 5.68. The Morgan fingerprint density at radius 1 is 1.27 bits per heavy atom. The summed E-state index contributed by atoms with van der Waals surface area (Å²) in [6, 6.07) is 0. The van der Waals surface area contributed by atoms with E-state index >= 15 is 0 Å². The van der Waals surface area contributed by atoms with Gasteiger partial charge in [-0.05, 0) is 0 Å². The van der Waals surface area contributed by atoms with Crippen molar-refractivity contribution in [3.63, 3.8) is 0 Å². The van der Waals surface area contributed by atoms with Crippen molar-refractivity contribution in [1.29, 1.82) is 0 Å². The van der Waals surface area contributed by atoms with Gasteiger partial charge < -0.3 is 14.4 Å². The molecule has 0 bridgehead atoms. The summed E-state index contributed by atoms with van der Waals surface area (Å²) in [7, 11) is 0. The second-order valence-electron chi connectivity index (χ2n) is 3.91. The first-order valence-electron chi connectivity index (χ1n) is 5.30. The lowest BCUT2D eigenvalue weighted by Crippen LogP contribution is -2.45. The fourth-order valence-corrected chi connectivity index (χ4v) is 2.89. The van der Waals surface area contributed by atoms with Crippen LogP contribution in [0, 0.1) is 0 Å². The van der Waals surface area contributed by atoms with Crippen LogP contribution in [-0.2, 0) is 9.47 Å². The van der Waals surface area contributed by atoms with Crippen molar-refractivity contribution < 1.29 is 9.47 Å². The molecule has 2 saturated heterocycles. The minimum atomic E-state index is -0.270. The van der Waals surface area contributed by atoms with Crippen molar-refractivity contribution in [2.45, 2.75) is 18.6 Å². The normalized spacial score (nSPS) is 24.9. The average molecular weight is 226 g/mol. The zero-order valence-corrected chi connectivity index (χ0v) is 9.33. The summed E-state index contributed by atoms with van der Waals surface area (Å²) in [5.74, 6) is -0.270. The molecule has 0 atom stereocenters. The number of rotatable bonds is 1. The van der Waals surface area contributed by atoms with E-state index in [-0.39, 0.29) is 5.79 Å². The fraction of sp³-hybridized carbons (Fsp3) is 0.700. The van der Waals surface area contributed by atoms with Gasteiger partial charge in [-0.3, -0.25) is 0 Å². The molecule has 0 N–H and O–H groups in total. The second kappa shape index (κ2) is 3.73. The lowest BCUT2D eigenvalue weighted by atomic mass is 10.0. The van der Waals surface area contributed by atoms with Gasteiger partial charge in [0, 0.05) is 37.5 Å². The third-order valence-corrected chi connectivity index (χ3v) is 3.86. The Bertz CT molecular complexity index is 312. The van der Waals surface area contributed by atoms with E-state index in [1.807, 2.05) is 11.6 Å². The molecule has 0 saturated carbocycles. The molecule has 82 valence electrons. The van der Waals surface area contributed by atoms with E-state index < -0.39 is 0 Å². The first kappa shape index (κ1) is 9.57. The number of hydrogen-bond acceptors (Lipinski definition) is 5. The van der Waals surface area contributed by atoms with Crippen molar-refractivity contribution in [1.82, 2.24) is 4.98 Å². The van der Waals surface area contributed by atoms with Gasteiger partial charge in [-0.25, -0.2) is 4.98 Å². The molecular formula is C10H14N2O2S. The predicted molar refractivity (Wildman–Crippen MR) is 58.2 cm³/mol. The van der Waals surface area contributed by atoms with Crippen LogP contribution in [0.5, 0.6) is 0 Å². The van der Waals surface area contributed by atoms with Gasteiger partial charge in [0.1, 0.15) is 0 Å². The van der Waals surface area contributed by atoms with Crippen LogP contribution >= 0.6 is 11.3 Å². The summed E-state index contributed by atoms with van der Waals surface area (Å²) in [4.78, 5) is 6.62. The molecule has 0 amide bonds. The molecule has 3 heterocycles. The van der Waals surface area contributed by atoms with Gasteiger partial charge in [0.15, 0.2) is 10.9 Å². The molecule has 1 spiro atoms. The topological polar surface area (TPSA) is 34.6 Å². The molecule has 4 nitrogen and oxygen atoms in total. The van der Waals surface area contributed by atoms with Crippen molar-refractivity contribution in [2.75, 3.05) is 31.2 Å². The van der Waals surface area contributed by atoms with E-state index in [1.165, 1.54) is 0 Å². The second-order valence-corrected chi connectivity index (χ2v) is 4.78. The lowest BCUT2D eigenvalue weighted by molar-refractivity contribution is -0.169. The Hall–Kier alpha value is -0.650. The third kappa shape index (κ3) is 1.75. The molecule has 3 rings (SSSR count). The number of nitrogens with zero attached hydrogens (tertiary/aromatic N) is 2. The molecule has 0 aromatic carbocycles. The fourth-order valence-electron chi connectivity index (χ4n) is 2.20. The Morgan fingerprint density at radius 2 is 2.00 bits per heavy atom. The highest BCUT2D eigenvalue weighted by atomic mass is 32.1. The highest BCUT2D eigenvalue weighted by Gasteiger charge is 2.40. The Kier molecular flexibility index (Phi) is 2.38. The smallest absolute Gasteiger partial charge is 0.185 e. The molecule has 0 unspecified atom stereocenters. The first-order chi connectivity index (χ1) is 7.38. The van der Waals surface area contributed by atoms with E-state index in [4.69, 9.17) is 9.47 Å². The molecule has 0 radical (unpaired) electrons. The van der Waals surface area contributed by atoms with Crippen LogP contribution in [0.1, 0.15) is 12.8 Å². The highest BCUT2D eigenvalue weighted by molar-refractivity contribution is 7.13. The van der Waals surface area contributed by atoms with Crippen LogP contribution in [0.3, 0.4) is 0 Å². The van der Waals surface area contributed by atoms with Gasteiger partial charge >= 0.3 is 0 Å². The van der Waals surface area contributed by atoms with Crippen molar-refractivity contribution >= 4 is 16.5 Å². The highest BCUT2D eigenvalue weighted by Crippen LogP contribution is 2.33. The number of thiazole rings is 1. The minimum Gasteiger partial charge on any atom is -0.348 e.